The summed E-state index contributed by atoms with van der Waals surface area (Å²) in [6.45, 7) is 15.2. The van der Waals surface area contributed by atoms with Crippen molar-refractivity contribution in [1.82, 2.24) is 10.2 Å². The Morgan fingerprint density at radius 3 is 2.43 bits per heavy atom. The molecular formula is C12H26N2. The van der Waals surface area contributed by atoms with Gasteiger partial charge in [-0.15, -0.1) is 0 Å². The van der Waals surface area contributed by atoms with Crippen LogP contribution in [0.4, 0.5) is 0 Å². The summed E-state index contributed by atoms with van der Waals surface area (Å²) in [6.07, 6.45) is 1.28. The molecule has 14 heavy (non-hydrogen) atoms. The van der Waals surface area contributed by atoms with Gasteiger partial charge in [0.05, 0.1) is 0 Å². The van der Waals surface area contributed by atoms with Gasteiger partial charge in [0.15, 0.2) is 0 Å². The van der Waals surface area contributed by atoms with E-state index in [2.05, 4.69) is 44.8 Å². The van der Waals surface area contributed by atoms with Crippen LogP contribution >= 0.6 is 0 Å². The molecule has 2 nitrogen and oxygen atoms in total. The van der Waals surface area contributed by atoms with Crippen molar-refractivity contribution >= 4 is 0 Å². The average molecular weight is 198 g/mol. The van der Waals surface area contributed by atoms with E-state index in [9.17, 15) is 0 Å². The monoisotopic (exact) mass is 198 g/mol. The minimum absolute atomic E-state index is 0.319. The Morgan fingerprint density at radius 2 is 1.93 bits per heavy atom. The maximum absolute atomic E-state index is 3.64. The normalized spacial score (nSPS) is 26.6. The first-order valence-electron chi connectivity index (χ1n) is 5.89. The molecule has 1 atom stereocenters. The number of rotatable bonds is 1. The zero-order valence-corrected chi connectivity index (χ0v) is 10.4. The summed E-state index contributed by atoms with van der Waals surface area (Å²) in [4.78, 5) is 2.61. The minimum atomic E-state index is 0.319. The second-order valence-corrected chi connectivity index (χ2v) is 5.78. The Hall–Kier alpha value is -0.0800. The van der Waals surface area contributed by atoms with Gasteiger partial charge in [0, 0.05) is 18.1 Å². The van der Waals surface area contributed by atoms with Crippen molar-refractivity contribution in [2.24, 2.45) is 5.92 Å². The number of nitrogens with zero attached hydrogens (tertiary/aromatic N) is 1. The van der Waals surface area contributed by atoms with Crippen molar-refractivity contribution in [3.8, 4) is 0 Å². The van der Waals surface area contributed by atoms with Crippen LogP contribution in [0.1, 0.15) is 41.0 Å². The third kappa shape index (κ3) is 3.25. The number of hydrogen-bond donors (Lipinski definition) is 1. The molecule has 0 bridgehead atoms. The largest absolute Gasteiger partial charge is 0.312 e. The molecule has 0 aromatic carbocycles. The highest BCUT2D eigenvalue weighted by Gasteiger charge is 2.27. The fourth-order valence-electron chi connectivity index (χ4n) is 2.01. The second kappa shape index (κ2) is 4.63. The van der Waals surface area contributed by atoms with Gasteiger partial charge in [0.1, 0.15) is 0 Å². The Kier molecular flexibility index (Phi) is 3.96. The van der Waals surface area contributed by atoms with Gasteiger partial charge in [-0.1, -0.05) is 13.8 Å². The van der Waals surface area contributed by atoms with E-state index in [4.69, 9.17) is 0 Å². The van der Waals surface area contributed by atoms with Crippen molar-refractivity contribution < 1.29 is 0 Å². The molecule has 0 aromatic rings. The molecule has 0 radical (unpaired) electrons. The summed E-state index contributed by atoms with van der Waals surface area (Å²) in [5.41, 5.74) is 0.319. The predicted octanol–water partition coefficient (Wildman–Crippen LogP) is 2.10. The number of hydrogen-bond acceptors (Lipinski definition) is 2. The zero-order chi connectivity index (χ0) is 10.8. The highest BCUT2D eigenvalue weighted by atomic mass is 15.2. The molecule has 0 aliphatic carbocycles. The molecule has 1 aliphatic rings. The first kappa shape index (κ1) is 12.0. The summed E-state index contributed by atoms with van der Waals surface area (Å²) >= 11 is 0. The SMILES string of the molecule is CC(C)C1CN(C(C)(C)C)CCCN1. The Balaban J connectivity index is 2.60. The van der Waals surface area contributed by atoms with Gasteiger partial charge < -0.3 is 5.32 Å². The lowest BCUT2D eigenvalue weighted by atomic mass is 10.0. The van der Waals surface area contributed by atoms with Crippen molar-refractivity contribution in [1.29, 1.82) is 0 Å². The van der Waals surface area contributed by atoms with E-state index < -0.39 is 0 Å². The van der Waals surface area contributed by atoms with E-state index in [1.165, 1.54) is 26.1 Å². The fraction of sp³-hybridized carbons (Fsp3) is 1.00. The average Bonchev–Trinajstić information content (AvgIpc) is 2.26. The molecule has 0 aromatic heterocycles. The third-order valence-corrected chi connectivity index (χ3v) is 3.18. The van der Waals surface area contributed by atoms with Gasteiger partial charge in [-0.3, -0.25) is 4.90 Å². The molecule has 1 saturated heterocycles. The van der Waals surface area contributed by atoms with Crippen LogP contribution in [0.2, 0.25) is 0 Å². The van der Waals surface area contributed by atoms with Crippen molar-refractivity contribution in [3.05, 3.63) is 0 Å². The Bertz CT molecular complexity index is 170. The quantitative estimate of drug-likeness (QED) is 0.694. The Labute approximate surface area is 89.1 Å². The summed E-state index contributed by atoms with van der Waals surface area (Å²) in [5, 5.41) is 3.64. The second-order valence-electron chi connectivity index (χ2n) is 5.78. The van der Waals surface area contributed by atoms with Gasteiger partial charge in [-0.2, -0.15) is 0 Å². The molecule has 1 heterocycles. The molecule has 1 rings (SSSR count). The summed E-state index contributed by atoms with van der Waals surface area (Å²) < 4.78 is 0. The van der Waals surface area contributed by atoms with Gasteiger partial charge in [-0.05, 0) is 46.2 Å². The van der Waals surface area contributed by atoms with Gasteiger partial charge in [0.25, 0.3) is 0 Å². The summed E-state index contributed by atoms with van der Waals surface area (Å²) in [6, 6.07) is 0.664. The van der Waals surface area contributed by atoms with E-state index in [0.717, 1.165) is 5.92 Å². The predicted molar refractivity (Wildman–Crippen MR) is 62.6 cm³/mol. The van der Waals surface area contributed by atoms with E-state index in [1.54, 1.807) is 0 Å². The highest BCUT2D eigenvalue weighted by Crippen LogP contribution is 2.18. The van der Waals surface area contributed by atoms with Crippen LogP contribution in [-0.4, -0.2) is 36.1 Å². The first-order chi connectivity index (χ1) is 6.41. The number of nitrogens with one attached hydrogen (secondary N) is 1. The molecule has 0 spiro atoms. The molecule has 0 amide bonds. The van der Waals surface area contributed by atoms with E-state index in [1.807, 2.05) is 0 Å². The lowest BCUT2D eigenvalue weighted by Gasteiger charge is -2.37. The van der Waals surface area contributed by atoms with Crippen LogP contribution in [0, 0.1) is 5.92 Å². The molecule has 0 saturated carbocycles. The topological polar surface area (TPSA) is 15.3 Å². The molecule has 1 N–H and O–H groups in total. The van der Waals surface area contributed by atoms with Gasteiger partial charge >= 0.3 is 0 Å². The van der Waals surface area contributed by atoms with Crippen LogP contribution < -0.4 is 5.32 Å². The summed E-state index contributed by atoms with van der Waals surface area (Å²) in [7, 11) is 0. The molecule has 1 unspecified atom stereocenters. The molecule has 1 fully saturated rings. The van der Waals surface area contributed by atoms with E-state index in [0.29, 0.717) is 11.6 Å². The van der Waals surface area contributed by atoms with Crippen molar-refractivity contribution in [2.75, 3.05) is 19.6 Å². The van der Waals surface area contributed by atoms with Gasteiger partial charge in [-0.25, -0.2) is 0 Å². The lowest BCUT2D eigenvalue weighted by molar-refractivity contribution is 0.126. The van der Waals surface area contributed by atoms with Crippen LogP contribution in [0.5, 0.6) is 0 Å². The zero-order valence-electron chi connectivity index (χ0n) is 10.4. The molecule has 2 heteroatoms. The molecule has 84 valence electrons. The van der Waals surface area contributed by atoms with Crippen LogP contribution in [-0.2, 0) is 0 Å². The summed E-state index contributed by atoms with van der Waals surface area (Å²) in [5.74, 6) is 0.734. The molecular weight excluding hydrogens is 172 g/mol. The van der Waals surface area contributed by atoms with Crippen LogP contribution in [0.3, 0.4) is 0 Å². The fourth-order valence-corrected chi connectivity index (χ4v) is 2.01. The van der Waals surface area contributed by atoms with Crippen molar-refractivity contribution in [2.45, 2.75) is 52.6 Å². The van der Waals surface area contributed by atoms with E-state index >= 15 is 0 Å². The maximum atomic E-state index is 3.64. The van der Waals surface area contributed by atoms with E-state index in [-0.39, 0.29) is 0 Å². The minimum Gasteiger partial charge on any atom is -0.312 e. The molecule has 1 aliphatic heterocycles. The lowest BCUT2D eigenvalue weighted by Crippen LogP contribution is -2.48. The highest BCUT2D eigenvalue weighted by molar-refractivity contribution is 4.85. The van der Waals surface area contributed by atoms with Gasteiger partial charge in [0.2, 0.25) is 0 Å². The standard InChI is InChI=1S/C12H26N2/c1-10(2)11-9-14(12(3,4)5)8-6-7-13-11/h10-11,13H,6-9H2,1-5H3. The maximum Gasteiger partial charge on any atom is 0.0218 e. The third-order valence-electron chi connectivity index (χ3n) is 3.18. The first-order valence-corrected chi connectivity index (χ1v) is 5.89. The van der Waals surface area contributed by atoms with Crippen LogP contribution in [0.25, 0.3) is 0 Å². The van der Waals surface area contributed by atoms with Crippen molar-refractivity contribution in [3.63, 3.8) is 0 Å². The Morgan fingerprint density at radius 1 is 1.29 bits per heavy atom. The smallest absolute Gasteiger partial charge is 0.0218 e. The van der Waals surface area contributed by atoms with Crippen LogP contribution in [0.15, 0.2) is 0 Å².